The fourth-order valence-corrected chi connectivity index (χ4v) is 3.94. The van der Waals surface area contributed by atoms with Gasteiger partial charge in [-0.3, -0.25) is 9.89 Å². The zero-order valence-electron chi connectivity index (χ0n) is 18.6. The number of benzene rings is 1. The molecule has 0 spiro atoms. The maximum Gasteiger partial charge on any atom is 0.177 e. The molecule has 9 nitrogen and oxygen atoms in total. The van der Waals surface area contributed by atoms with Gasteiger partial charge in [-0.05, 0) is 56.0 Å². The summed E-state index contributed by atoms with van der Waals surface area (Å²) in [4.78, 5) is 21.3. The predicted molar refractivity (Wildman–Crippen MR) is 125 cm³/mol. The molecule has 1 aliphatic heterocycles. The molecule has 1 aliphatic rings. The van der Waals surface area contributed by atoms with Gasteiger partial charge < -0.3 is 20.1 Å². The normalized spacial score (nSPS) is 14.7. The lowest BCUT2D eigenvalue weighted by molar-refractivity contribution is -0.116. The highest BCUT2D eigenvalue weighted by molar-refractivity contribution is 5.98. The van der Waals surface area contributed by atoms with E-state index in [1.165, 1.54) is 12.4 Å². The van der Waals surface area contributed by atoms with Crippen molar-refractivity contribution >= 4 is 22.6 Å². The second kappa shape index (κ2) is 10.1. The molecule has 1 fully saturated rings. The van der Waals surface area contributed by atoms with Crippen LogP contribution >= 0.6 is 0 Å². The van der Waals surface area contributed by atoms with Crippen LogP contribution in [0.15, 0.2) is 37.2 Å². The number of carbonyl (C=O) groups is 1. The Hall–Kier alpha value is -3.90. The number of methoxy groups -OCH3 is 2. The Morgan fingerprint density at radius 2 is 1.91 bits per heavy atom. The summed E-state index contributed by atoms with van der Waals surface area (Å²) in [7, 11) is 3.18. The summed E-state index contributed by atoms with van der Waals surface area (Å²) in [5.74, 6) is 8.10. The van der Waals surface area contributed by atoms with Crippen molar-refractivity contribution in [1.82, 2.24) is 25.5 Å². The van der Waals surface area contributed by atoms with Crippen molar-refractivity contribution in [2.75, 3.05) is 32.6 Å². The average Bonchev–Trinajstić information content (AvgIpc) is 3.29. The van der Waals surface area contributed by atoms with Crippen molar-refractivity contribution in [1.29, 1.82) is 0 Å². The first-order chi connectivity index (χ1) is 16.1. The van der Waals surface area contributed by atoms with E-state index in [2.05, 4.69) is 49.2 Å². The summed E-state index contributed by atoms with van der Waals surface area (Å²) in [6.07, 6.45) is 4.57. The lowest BCUT2D eigenvalue weighted by Gasteiger charge is -2.29. The minimum absolute atomic E-state index is 0.0639. The average molecular weight is 447 g/mol. The molecule has 0 radical (unpaired) electrons. The van der Waals surface area contributed by atoms with Crippen LogP contribution in [0.3, 0.4) is 0 Å². The van der Waals surface area contributed by atoms with Gasteiger partial charge in [-0.15, -0.1) is 0 Å². The first-order valence-electron chi connectivity index (χ1n) is 10.7. The fourth-order valence-electron chi connectivity index (χ4n) is 3.94. The molecule has 4 rings (SSSR count). The number of anilines is 1. The Morgan fingerprint density at radius 3 is 2.58 bits per heavy atom. The molecule has 1 unspecified atom stereocenters. The van der Waals surface area contributed by atoms with Gasteiger partial charge in [0.1, 0.15) is 23.5 Å². The smallest absolute Gasteiger partial charge is 0.177 e. The van der Waals surface area contributed by atoms with Gasteiger partial charge in [0.05, 0.1) is 25.6 Å². The van der Waals surface area contributed by atoms with E-state index in [9.17, 15) is 4.79 Å². The van der Waals surface area contributed by atoms with Crippen molar-refractivity contribution in [3.63, 3.8) is 0 Å². The van der Waals surface area contributed by atoms with E-state index in [-0.39, 0.29) is 11.7 Å². The summed E-state index contributed by atoms with van der Waals surface area (Å²) in [5.41, 5.74) is 1.74. The second-order valence-electron chi connectivity index (χ2n) is 7.69. The molecule has 1 saturated heterocycles. The maximum absolute atomic E-state index is 12.7. The summed E-state index contributed by atoms with van der Waals surface area (Å²) in [6.45, 7) is 5.42. The minimum atomic E-state index is -0.431. The third kappa shape index (κ3) is 4.96. The predicted octanol–water partition coefficient (Wildman–Crippen LogP) is 2.31. The number of hydrogen-bond donors (Lipinski definition) is 3. The zero-order valence-corrected chi connectivity index (χ0v) is 18.6. The monoisotopic (exact) mass is 446 g/mol. The Bertz CT molecular complexity index is 1200. The van der Waals surface area contributed by atoms with E-state index >= 15 is 0 Å². The lowest BCUT2D eigenvalue weighted by atomic mass is 9.87. The van der Waals surface area contributed by atoms with Crippen LogP contribution in [0.25, 0.3) is 11.0 Å². The topological polar surface area (TPSA) is 114 Å². The van der Waals surface area contributed by atoms with Crippen LogP contribution in [-0.2, 0) is 4.79 Å². The molecule has 0 aliphatic carbocycles. The first kappa shape index (κ1) is 22.3. The van der Waals surface area contributed by atoms with Crippen LogP contribution in [0.2, 0.25) is 0 Å². The maximum atomic E-state index is 12.7. The molecule has 1 aromatic carbocycles. The number of fused-ring (bicyclic) bond motifs is 1. The van der Waals surface area contributed by atoms with Gasteiger partial charge in [0.25, 0.3) is 0 Å². The number of rotatable bonds is 7. The van der Waals surface area contributed by atoms with Crippen LogP contribution in [0.4, 0.5) is 5.82 Å². The van der Waals surface area contributed by atoms with Crippen LogP contribution in [0.1, 0.15) is 24.1 Å². The van der Waals surface area contributed by atoms with E-state index in [1.807, 2.05) is 12.1 Å². The number of nitrogens with one attached hydrogen (secondary N) is 3. The van der Waals surface area contributed by atoms with Gasteiger partial charge in [0.2, 0.25) is 0 Å². The van der Waals surface area contributed by atoms with Crippen LogP contribution in [0, 0.1) is 17.8 Å². The molecule has 33 heavy (non-hydrogen) atoms. The molecule has 2 aromatic heterocycles. The minimum Gasteiger partial charge on any atom is -0.497 e. The molecule has 3 N–H and O–H groups in total. The van der Waals surface area contributed by atoms with Gasteiger partial charge in [0, 0.05) is 11.6 Å². The van der Waals surface area contributed by atoms with E-state index in [4.69, 9.17) is 9.47 Å². The highest BCUT2D eigenvalue weighted by Gasteiger charge is 2.29. The number of hydrogen-bond acceptors (Lipinski definition) is 8. The van der Waals surface area contributed by atoms with Crippen LogP contribution in [-0.4, -0.2) is 59.3 Å². The van der Waals surface area contributed by atoms with Gasteiger partial charge in [-0.25, -0.2) is 9.97 Å². The third-order valence-corrected chi connectivity index (χ3v) is 5.69. The number of aromatic nitrogens is 4. The number of piperidine rings is 1. The Balaban J connectivity index is 1.70. The number of carbonyl (C=O) groups excluding carboxylic acids is 1. The van der Waals surface area contributed by atoms with E-state index in [0.717, 1.165) is 25.9 Å². The van der Waals surface area contributed by atoms with Crippen molar-refractivity contribution < 1.29 is 14.3 Å². The molecular weight excluding hydrogens is 420 g/mol. The summed E-state index contributed by atoms with van der Waals surface area (Å²) in [5, 5.41) is 14.6. The van der Waals surface area contributed by atoms with Crippen molar-refractivity contribution in [2.45, 2.75) is 18.9 Å². The van der Waals surface area contributed by atoms with Gasteiger partial charge >= 0.3 is 0 Å². The summed E-state index contributed by atoms with van der Waals surface area (Å²) < 4.78 is 10.6. The number of H-pyrrole nitrogens is 1. The Morgan fingerprint density at radius 1 is 1.18 bits per heavy atom. The Kier molecular flexibility index (Phi) is 6.86. The van der Waals surface area contributed by atoms with Crippen molar-refractivity contribution in [3.05, 3.63) is 48.4 Å². The quantitative estimate of drug-likeness (QED) is 0.374. The van der Waals surface area contributed by atoms with Gasteiger partial charge in [-0.1, -0.05) is 12.5 Å². The molecule has 3 aromatic rings. The highest BCUT2D eigenvalue weighted by atomic mass is 16.5. The fraction of sp³-hybridized carbons (Fsp3) is 0.333. The largest absolute Gasteiger partial charge is 0.497 e. The number of nitrogens with zero attached hydrogens (tertiary/aromatic N) is 3. The molecule has 1 atom stereocenters. The lowest BCUT2D eigenvalue weighted by Crippen LogP contribution is -2.42. The molecule has 9 heteroatoms. The van der Waals surface area contributed by atoms with Gasteiger partial charge in [0.15, 0.2) is 17.2 Å². The number of aromatic amines is 1. The summed E-state index contributed by atoms with van der Waals surface area (Å²) >= 11 is 0. The standard InChI is InChI=1S/C24H26N6O3/c1-4-20(31)22(16-7-9-25-10-8-16)28-24-21-19(26-14-27-23(21)29-30-24)6-5-15-11-17(32-2)13-18(12-15)33-3/h4,11-14,16,22,25H,1,7-10H2,2-3H3,(H2,26,27,28,29,30). The highest BCUT2D eigenvalue weighted by Crippen LogP contribution is 2.27. The van der Waals surface area contributed by atoms with E-state index in [0.29, 0.717) is 39.6 Å². The molecular formula is C24H26N6O3. The van der Waals surface area contributed by atoms with E-state index in [1.54, 1.807) is 20.3 Å². The van der Waals surface area contributed by atoms with Gasteiger partial charge in [-0.2, -0.15) is 5.10 Å². The van der Waals surface area contributed by atoms with E-state index < -0.39 is 6.04 Å². The molecule has 3 heterocycles. The molecule has 170 valence electrons. The third-order valence-electron chi connectivity index (χ3n) is 5.69. The van der Waals surface area contributed by atoms with Crippen molar-refractivity contribution in [2.24, 2.45) is 5.92 Å². The van der Waals surface area contributed by atoms with Crippen molar-refractivity contribution in [3.8, 4) is 23.3 Å². The molecule has 0 saturated carbocycles. The first-order valence-corrected chi connectivity index (χ1v) is 10.7. The summed E-state index contributed by atoms with van der Waals surface area (Å²) in [6, 6.07) is 4.99. The number of ketones is 1. The molecule has 0 bridgehead atoms. The van der Waals surface area contributed by atoms with Crippen LogP contribution in [0.5, 0.6) is 11.5 Å². The second-order valence-corrected chi connectivity index (χ2v) is 7.69. The zero-order chi connectivity index (χ0) is 23.2. The molecule has 0 amide bonds. The van der Waals surface area contributed by atoms with Crippen LogP contribution < -0.4 is 20.1 Å². The SMILES string of the molecule is C=CC(=O)C(Nc1n[nH]c2ncnc(C#Cc3cc(OC)cc(OC)c3)c12)C1CCNCC1. The number of ether oxygens (including phenoxy) is 2. The Labute approximate surface area is 192 Å².